The minimum absolute atomic E-state index is 0.442. The third kappa shape index (κ3) is 2.16. The van der Waals surface area contributed by atoms with Crippen molar-refractivity contribution in [1.29, 1.82) is 0 Å². The zero-order valence-electron chi connectivity index (χ0n) is 8.24. The second-order valence-electron chi connectivity index (χ2n) is 3.64. The Morgan fingerprint density at radius 2 is 2.14 bits per heavy atom. The van der Waals surface area contributed by atoms with Gasteiger partial charge in [-0.25, -0.2) is 0 Å². The first-order valence-corrected chi connectivity index (χ1v) is 5.57. The molecule has 1 aromatic rings. The summed E-state index contributed by atoms with van der Waals surface area (Å²) >= 11 is 3.55. The van der Waals surface area contributed by atoms with Gasteiger partial charge in [-0.15, -0.1) is 0 Å². The molecule has 2 nitrogen and oxygen atoms in total. The van der Waals surface area contributed by atoms with Crippen LogP contribution in [0.4, 0.5) is 0 Å². The Balaban J connectivity index is 1.90. The topological polar surface area (TPSA) is 12.5 Å². The van der Waals surface area contributed by atoms with Crippen LogP contribution < -0.4 is 0 Å². The molecule has 0 atom stereocenters. The highest BCUT2D eigenvalue weighted by atomic mass is 79.9. The van der Waals surface area contributed by atoms with Crippen LogP contribution in [-0.4, -0.2) is 31.2 Å². The third-order valence-electron chi connectivity index (χ3n) is 2.61. The van der Waals surface area contributed by atoms with Gasteiger partial charge in [0.25, 0.3) is 0 Å². The molecule has 3 heteroatoms. The standard InChI is InChI=1S/C11H14BrNO/c1-14-10-7-13(8-10)6-9-4-2-3-5-11(9)12/h2-5,10H,6-8H2,1H3. The molecule has 14 heavy (non-hydrogen) atoms. The second kappa shape index (κ2) is 4.43. The molecule has 0 amide bonds. The predicted octanol–water partition coefficient (Wildman–Crippen LogP) is 2.28. The Hall–Kier alpha value is -0.380. The van der Waals surface area contributed by atoms with Crippen LogP contribution in [0.15, 0.2) is 28.7 Å². The molecule has 1 aliphatic rings. The first-order valence-electron chi connectivity index (χ1n) is 4.78. The van der Waals surface area contributed by atoms with Crippen molar-refractivity contribution in [2.24, 2.45) is 0 Å². The average Bonchev–Trinajstić information content (AvgIpc) is 2.13. The fourth-order valence-electron chi connectivity index (χ4n) is 1.67. The van der Waals surface area contributed by atoms with Crippen LogP contribution in [0.1, 0.15) is 5.56 Å². The van der Waals surface area contributed by atoms with Gasteiger partial charge in [0.1, 0.15) is 0 Å². The average molecular weight is 256 g/mol. The Kier molecular flexibility index (Phi) is 3.21. The van der Waals surface area contributed by atoms with E-state index in [0.29, 0.717) is 6.10 Å². The molecule has 1 heterocycles. The summed E-state index contributed by atoms with van der Waals surface area (Å²) in [6.07, 6.45) is 0.442. The fraction of sp³-hybridized carbons (Fsp3) is 0.455. The van der Waals surface area contributed by atoms with Crippen molar-refractivity contribution in [3.63, 3.8) is 0 Å². The van der Waals surface area contributed by atoms with E-state index in [0.717, 1.165) is 19.6 Å². The highest BCUT2D eigenvalue weighted by Crippen LogP contribution is 2.21. The number of ether oxygens (including phenoxy) is 1. The van der Waals surface area contributed by atoms with Gasteiger partial charge in [-0.3, -0.25) is 4.90 Å². The lowest BCUT2D eigenvalue weighted by atomic mass is 10.1. The molecule has 0 saturated carbocycles. The van der Waals surface area contributed by atoms with Gasteiger partial charge in [-0.2, -0.15) is 0 Å². The summed E-state index contributed by atoms with van der Waals surface area (Å²) in [6, 6.07) is 8.36. The minimum Gasteiger partial charge on any atom is -0.379 e. The van der Waals surface area contributed by atoms with Gasteiger partial charge in [-0.05, 0) is 11.6 Å². The molecule has 0 radical (unpaired) electrons. The molecule has 0 bridgehead atoms. The van der Waals surface area contributed by atoms with Gasteiger partial charge >= 0.3 is 0 Å². The molecule has 0 spiro atoms. The number of hydrogen-bond donors (Lipinski definition) is 0. The molecule has 1 aliphatic heterocycles. The molecule has 76 valence electrons. The van der Waals surface area contributed by atoms with E-state index in [1.54, 1.807) is 7.11 Å². The maximum absolute atomic E-state index is 5.23. The molecular weight excluding hydrogens is 242 g/mol. The fourth-order valence-corrected chi connectivity index (χ4v) is 2.08. The molecule has 1 fully saturated rings. The normalized spacial score (nSPS) is 18.1. The van der Waals surface area contributed by atoms with Crippen molar-refractivity contribution in [1.82, 2.24) is 4.90 Å². The SMILES string of the molecule is COC1CN(Cc2ccccc2Br)C1. The second-order valence-corrected chi connectivity index (χ2v) is 4.50. The lowest BCUT2D eigenvalue weighted by Crippen LogP contribution is -2.50. The molecule has 1 saturated heterocycles. The maximum atomic E-state index is 5.23. The minimum atomic E-state index is 0.442. The van der Waals surface area contributed by atoms with Crippen LogP contribution in [-0.2, 0) is 11.3 Å². The zero-order valence-corrected chi connectivity index (χ0v) is 9.83. The number of rotatable bonds is 3. The summed E-state index contributed by atoms with van der Waals surface area (Å²) in [4.78, 5) is 2.38. The van der Waals surface area contributed by atoms with E-state index in [4.69, 9.17) is 4.74 Å². The van der Waals surface area contributed by atoms with Crippen LogP contribution in [0.3, 0.4) is 0 Å². The summed E-state index contributed by atoms with van der Waals surface area (Å²) in [5.74, 6) is 0. The summed E-state index contributed by atoms with van der Waals surface area (Å²) < 4.78 is 6.43. The summed E-state index contributed by atoms with van der Waals surface area (Å²) in [5.41, 5.74) is 1.35. The van der Waals surface area contributed by atoms with E-state index in [1.165, 1.54) is 10.0 Å². The van der Waals surface area contributed by atoms with Crippen molar-refractivity contribution in [2.75, 3.05) is 20.2 Å². The molecule has 2 rings (SSSR count). The molecule has 0 aromatic heterocycles. The van der Waals surface area contributed by atoms with Crippen molar-refractivity contribution >= 4 is 15.9 Å². The number of likely N-dealkylation sites (tertiary alicyclic amines) is 1. The zero-order chi connectivity index (χ0) is 9.97. The predicted molar refractivity (Wildman–Crippen MR) is 60.2 cm³/mol. The Bertz CT molecular complexity index is 310. The first-order chi connectivity index (χ1) is 6.79. The Morgan fingerprint density at radius 1 is 1.43 bits per heavy atom. The van der Waals surface area contributed by atoms with Crippen molar-refractivity contribution in [2.45, 2.75) is 12.6 Å². The van der Waals surface area contributed by atoms with E-state index < -0.39 is 0 Å². The lowest BCUT2D eigenvalue weighted by molar-refractivity contribution is -0.0334. The van der Waals surface area contributed by atoms with Crippen LogP contribution in [0, 0.1) is 0 Å². The Morgan fingerprint density at radius 3 is 2.79 bits per heavy atom. The van der Waals surface area contributed by atoms with E-state index in [9.17, 15) is 0 Å². The number of benzene rings is 1. The number of nitrogens with zero attached hydrogens (tertiary/aromatic N) is 1. The highest BCUT2D eigenvalue weighted by molar-refractivity contribution is 9.10. The van der Waals surface area contributed by atoms with Crippen molar-refractivity contribution in [3.05, 3.63) is 34.3 Å². The van der Waals surface area contributed by atoms with Crippen LogP contribution in [0.2, 0.25) is 0 Å². The quantitative estimate of drug-likeness (QED) is 0.822. The monoisotopic (exact) mass is 255 g/mol. The van der Waals surface area contributed by atoms with E-state index in [1.807, 2.05) is 6.07 Å². The molecule has 0 N–H and O–H groups in total. The summed E-state index contributed by atoms with van der Waals surface area (Å²) in [7, 11) is 1.78. The molecule has 0 aliphatic carbocycles. The number of methoxy groups -OCH3 is 1. The van der Waals surface area contributed by atoms with E-state index in [-0.39, 0.29) is 0 Å². The van der Waals surface area contributed by atoms with Gasteiger partial charge < -0.3 is 4.74 Å². The van der Waals surface area contributed by atoms with E-state index >= 15 is 0 Å². The highest BCUT2D eigenvalue weighted by Gasteiger charge is 2.26. The number of hydrogen-bond acceptors (Lipinski definition) is 2. The van der Waals surface area contributed by atoms with Gasteiger partial charge in [0.15, 0.2) is 0 Å². The Labute approximate surface area is 93.0 Å². The summed E-state index contributed by atoms with van der Waals surface area (Å²) in [5, 5.41) is 0. The number of halogens is 1. The van der Waals surface area contributed by atoms with Gasteiger partial charge in [-0.1, -0.05) is 34.1 Å². The van der Waals surface area contributed by atoms with Crippen LogP contribution in [0.5, 0.6) is 0 Å². The lowest BCUT2D eigenvalue weighted by Gasteiger charge is -2.38. The largest absolute Gasteiger partial charge is 0.379 e. The van der Waals surface area contributed by atoms with Crippen molar-refractivity contribution < 1.29 is 4.74 Å². The van der Waals surface area contributed by atoms with E-state index in [2.05, 4.69) is 39.0 Å². The van der Waals surface area contributed by atoms with Gasteiger partial charge in [0.2, 0.25) is 0 Å². The smallest absolute Gasteiger partial charge is 0.0825 e. The van der Waals surface area contributed by atoms with Gasteiger partial charge in [0.05, 0.1) is 6.10 Å². The van der Waals surface area contributed by atoms with Crippen LogP contribution >= 0.6 is 15.9 Å². The van der Waals surface area contributed by atoms with Gasteiger partial charge in [0, 0.05) is 31.2 Å². The molecular formula is C11H14BrNO. The van der Waals surface area contributed by atoms with Crippen molar-refractivity contribution in [3.8, 4) is 0 Å². The summed E-state index contributed by atoms with van der Waals surface area (Å²) in [6.45, 7) is 3.12. The van der Waals surface area contributed by atoms with Crippen LogP contribution in [0.25, 0.3) is 0 Å². The maximum Gasteiger partial charge on any atom is 0.0825 e. The first kappa shape index (κ1) is 10.1. The molecule has 1 aromatic carbocycles. The molecule has 0 unspecified atom stereocenters. The third-order valence-corrected chi connectivity index (χ3v) is 3.38.